The molecule has 0 unspecified atom stereocenters. The number of hydrogen-bond acceptors (Lipinski definition) is 3. The zero-order valence-electron chi connectivity index (χ0n) is 7.67. The number of aliphatic carboxylic acids is 1. The van der Waals surface area contributed by atoms with Gasteiger partial charge in [0.1, 0.15) is 0 Å². The van der Waals surface area contributed by atoms with E-state index < -0.39 is 21.6 Å². The van der Waals surface area contributed by atoms with E-state index in [1.54, 1.807) is 18.2 Å². The Morgan fingerprint density at radius 3 is 2.60 bits per heavy atom. The maximum Gasteiger partial charge on any atom is 0.332 e. The van der Waals surface area contributed by atoms with Crippen molar-refractivity contribution in [3.05, 3.63) is 35.4 Å². The first-order valence-corrected chi connectivity index (χ1v) is 5.91. The predicted octanol–water partition coefficient (Wildman–Crippen LogP) is 0.942. The molecule has 0 atom stereocenters. The molecule has 5 heteroatoms. The zero-order valence-corrected chi connectivity index (χ0v) is 8.49. The normalized spacial score (nSPS) is 17.7. The van der Waals surface area contributed by atoms with Crippen molar-refractivity contribution >= 4 is 21.9 Å². The summed E-state index contributed by atoms with van der Waals surface area (Å²) in [4.78, 5) is 10.9. The van der Waals surface area contributed by atoms with Crippen molar-refractivity contribution in [2.45, 2.75) is 4.90 Å². The van der Waals surface area contributed by atoms with E-state index >= 15 is 0 Å². The Kier molecular flexibility index (Phi) is 2.12. The lowest BCUT2D eigenvalue weighted by Gasteiger charge is -2.13. The molecule has 2 rings (SSSR count). The first kappa shape index (κ1) is 9.92. The molecule has 0 saturated carbocycles. The average molecular weight is 224 g/mol. The van der Waals surface area contributed by atoms with Crippen molar-refractivity contribution < 1.29 is 18.3 Å². The van der Waals surface area contributed by atoms with Crippen molar-refractivity contribution in [2.24, 2.45) is 0 Å². The molecule has 0 aliphatic carbocycles. The summed E-state index contributed by atoms with van der Waals surface area (Å²) >= 11 is 0. The molecule has 0 spiro atoms. The second kappa shape index (κ2) is 3.20. The third-order valence-corrected chi connectivity index (χ3v) is 3.94. The van der Waals surface area contributed by atoms with Crippen LogP contribution >= 0.6 is 0 Å². The van der Waals surface area contributed by atoms with Gasteiger partial charge in [-0.2, -0.15) is 0 Å². The van der Waals surface area contributed by atoms with Gasteiger partial charge in [0, 0.05) is 0 Å². The summed E-state index contributed by atoms with van der Waals surface area (Å²) in [6.07, 6.45) is 1.40. The fourth-order valence-corrected chi connectivity index (χ4v) is 3.06. The van der Waals surface area contributed by atoms with Crippen molar-refractivity contribution in [2.75, 3.05) is 5.75 Å². The van der Waals surface area contributed by atoms with Gasteiger partial charge in [-0.15, -0.1) is 0 Å². The van der Waals surface area contributed by atoms with Crippen LogP contribution in [-0.4, -0.2) is 25.2 Å². The Morgan fingerprint density at radius 2 is 1.93 bits per heavy atom. The van der Waals surface area contributed by atoms with Crippen LogP contribution < -0.4 is 0 Å². The molecule has 15 heavy (non-hydrogen) atoms. The average Bonchev–Trinajstić information content (AvgIpc) is 2.16. The highest BCUT2D eigenvalue weighted by atomic mass is 32.2. The molecule has 1 heterocycles. The quantitative estimate of drug-likeness (QED) is 0.770. The minimum Gasteiger partial charge on any atom is -0.478 e. The van der Waals surface area contributed by atoms with E-state index in [2.05, 4.69) is 0 Å². The maximum atomic E-state index is 11.7. The van der Waals surface area contributed by atoms with Gasteiger partial charge in [-0.1, -0.05) is 18.2 Å². The second-order valence-corrected chi connectivity index (χ2v) is 5.23. The molecule has 0 amide bonds. The number of rotatable bonds is 1. The highest BCUT2D eigenvalue weighted by Crippen LogP contribution is 2.26. The van der Waals surface area contributed by atoms with Crippen LogP contribution in [0.2, 0.25) is 0 Å². The molecule has 1 aliphatic heterocycles. The Bertz CT molecular complexity index is 555. The molecule has 0 bridgehead atoms. The van der Waals surface area contributed by atoms with Gasteiger partial charge in [0.05, 0.1) is 16.2 Å². The van der Waals surface area contributed by atoms with Gasteiger partial charge in [0.25, 0.3) is 0 Å². The fraction of sp³-hybridized carbons (Fsp3) is 0.100. The van der Waals surface area contributed by atoms with E-state index in [-0.39, 0.29) is 10.5 Å². The van der Waals surface area contributed by atoms with Gasteiger partial charge < -0.3 is 5.11 Å². The standard InChI is InChI=1S/C10H8O4S/c11-10(12)8-5-7-3-1-2-4-9(7)15(13,14)6-8/h1-5H,6H2,(H,11,12). The molecule has 0 aromatic heterocycles. The summed E-state index contributed by atoms with van der Waals surface area (Å²) in [6, 6.07) is 6.38. The van der Waals surface area contributed by atoms with Crippen LogP contribution in [0.5, 0.6) is 0 Å². The van der Waals surface area contributed by atoms with Gasteiger partial charge >= 0.3 is 5.97 Å². The Morgan fingerprint density at radius 1 is 1.27 bits per heavy atom. The zero-order chi connectivity index (χ0) is 11.1. The van der Waals surface area contributed by atoms with Gasteiger partial charge in [-0.3, -0.25) is 0 Å². The molecular weight excluding hydrogens is 216 g/mol. The van der Waals surface area contributed by atoms with E-state index in [1.807, 2.05) is 0 Å². The lowest BCUT2D eigenvalue weighted by molar-refractivity contribution is -0.132. The van der Waals surface area contributed by atoms with Crippen LogP contribution in [0.1, 0.15) is 5.56 Å². The number of carboxylic acid groups (broad SMARTS) is 1. The topological polar surface area (TPSA) is 71.4 Å². The predicted molar refractivity (Wildman–Crippen MR) is 54.1 cm³/mol. The van der Waals surface area contributed by atoms with Crippen molar-refractivity contribution in [1.82, 2.24) is 0 Å². The summed E-state index contributed by atoms with van der Waals surface area (Å²) in [5.41, 5.74) is 0.356. The first-order chi connectivity index (χ1) is 7.00. The molecule has 78 valence electrons. The summed E-state index contributed by atoms with van der Waals surface area (Å²) in [6.45, 7) is 0. The van der Waals surface area contributed by atoms with E-state index in [4.69, 9.17) is 5.11 Å². The van der Waals surface area contributed by atoms with E-state index in [9.17, 15) is 13.2 Å². The molecule has 4 nitrogen and oxygen atoms in total. The van der Waals surface area contributed by atoms with E-state index in [0.717, 1.165) is 0 Å². The van der Waals surface area contributed by atoms with Gasteiger partial charge in [0.2, 0.25) is 0 Å². The number of carbonyl (C=O) groups is 1. The lowest BCUT2D eigenvalue weighted by atomic mass is 10.1. The molecule has 1 aliphatic rings. The van der Waals surface area contributed by atoms with Crippen LogP contribution in [0.3, 0.4) is 0 Å². The summed E-state index contributed by atoms with van der Waals surface area (Å²) in [7, 11) is -3.49. The largest absolute Gasteiger partial charge is 0.478 e. The number of carboxylic acids is 1. The third-order valence-electron chi connectivity index (χ3n) is 2.20. The second-order valence-electron chi connectivity index (χ2n) is 3.27. The molecule has 1 aromatic rings. The lowest BCUT2D eigenvalue weighted by Crippen LogP contribution is -2.19. The Balaban J connectivity index is 2.69. The van der Waals surface area contributed by atoms with Crippen molar-refractivity contribution in [3.8, 4) is 0 Å². The fourth-order valence-electron chi connectivity index (χ4n) is 1.52. The van der Waals surface area contributed by atoms with Crippen LogP contribution in [0.15, 0.2) is 34.7 Å². The molecule has 0 radical (unpaired) electrons. The van der Waals surface area contributed by atoms with Crippen LogP contribution in [-0.2, 0) is 14.6 Å². The monoisotopic (exact) mass is 224 g/mol. The highest BCUT2D eigenvalue weighted by Gasteiger charge is 2.27. The first-order valence-electron chi connectivity index (χ1n) is 4.26. The molecule has 0 saturated heterocycles. The highest BCUT2D eigenvalue weighted by molar-refractivity contribution is 7.91. The number of sulfone groups is 1. The molecule has 1 aromatic carbocycles. The van der Waals surface area contributed by atoms with Crippen LogP contribution in [0, 0.1) is 0 Å². The molecule has 0 fully saturated rings. The summed E-state index contributed by atoms with van der Waals surface area (Å²) in [5.74, 6) is -1.62. The van der Waals surface area contributed by atoms with Gasteiger partial charge in [0.15, 0.2) is 9.84 Å². The van der Waals surface area contributed by atoms with Gasteiger partial charge in [-0.25, -0.2) is 13.2 Å². The summed E-state index contributed by atoms with van der Waals surface area (Å²) in [5, 5.41) is 8.76. The Hall–Kier alpha value is -1.62. The molecule has 1 N–H and O–H groups in total. The third kappa shape index (κ3) is 1.66. The minimum atomic E-state index is -3.49. The van der Waals surface area contributed by atoms with Crippen molar-refractivity contribution in [3.63, 3.8) is 0 Å². The van der Waals surface area contributed by atoms with E-state index in [1.165, 1.54) is 12.1 Å². The molecular formula is C10H8O4S. The maximum absolute atomic E-state index is 11.7. The van der Waals surface area contributed by atoms with E-state index in [0.29, 0.717) is 5.56 Å². The summed E-state index contributed by atoms with van der Waals surface area (Å²) < 4.78 is 23.4. The van der Waals surface area contributed by atoms with Crippen LogP contribution in [0.25, 0.3) is 6.08 Å². The number of hydrogen-bond donors (Lipinski definition) is 1. The number of benzene rings is 1. The van der Waals surface area contributed by atoms with Crippen LogP contribution in [0.4, 0.5) is 0 Å². The van der Waals surface area contributed by atoms with Crippen molar-refractivity contribution in [1.29, 1.82) is 0 Å². The SMILES string of the molecule is O=C(O)C1=Cc2ccccc2S(=O)(=O)C1. The van der Waals surface area contributed by atoms with Gasteiger partial charge in [-0.05, 0) is 17.7 Å². The number of fused-ring (bicyclic) bond motifs is 1. The minimum absolute atomic E-state index is 0.0892. The Labute approximate surface area is 86.8 Å². The smallest absolute Gasteiger partial charge is 0.332 e.